The standard InChI is InChI=1S/C20H32O4/c1-2-3-4-5-6-7-8-9-12-15-18-19(24-23-18)16-13-10-11-14-17-20(21)22/h6-7,9-10,12-13,18-19H,2-5,8,11,14-17H2,1H3,(H,21,22)/b7-6-,12-9-,13-10-/t18-,19+/m0/s1. The second-order valence-corrected chi connectivity index (χ2v) is 6.17. The summed E-state index contributed by atoms with van der Waals surface area (Å²) in [6.45, 7) is 2.22. The number of rotatable bonds is 14. The van der Waals surface area contributed by atoms with Gasteiger partial charge < -0.3 is 5.11 Å². The summed E-state index contributed by atoms with van der Waals surface area (Å²) >= 11 is 0. The van der Waals surface area contributed by atoms with Gasteiger partial charge in [-0.05, 0) is 44.9 Å². The molecular weight excluding hydrogens is 304 g/mol. The van der Waals surface area contributed by atoms with Gasteiger partial charge in [0.2, 0.25) is 0 Å². The average Bonchev–Trinajstić information content (AvgIpc) is 2.54. The molecule has 0 amide bonds. The Morgan fingerprint density at radius 3 is 2.08 bits per heavy atom. The molecule has 0 saturated carbocycles. The van der Waals surface area contributed by atoms with Gasteiger partial charge in [0.25, 0.3) is 0 Å². The molecule has 1 rings (SSSR count). The molecule has 0 aromatic rings. The topological polar surface area (TPSA) is 55.8 Å². The van der Waals surface area contributed by atoms with Crippen LogP contribution in [0.4, 0.5) is 0 Å². The van der Waals surface area contributed by atoms with Gasteiger partial charge in [-0.3, -0.25) is 4.79 Å². The maximum absolute atomic E-state index is 10.4. The maximum Gasteiger partial charge on any atom is 0.303 e. The quantitative estimate of drug-likeness (QED) is 0.263. The van der Waals surface area contributed by atoms with E-state index < -0.39 is 5.97 Å². The van der Waals surface area contributed by atoms with E-state index in [-0.39, 0.29) is 18.6 Å². The maximum atomic E-state index is 10.4. The Labute approximate surface area is 146 Å². The summed E-state index contributed by atoms with van der Waals surface area (Å²) in [6.07, 6.45) is 22.6. The Balaban J connectivity index is 2.02. The molecule has 1 heterocycles. The van der Waals surface area contributed by atoms with Crippen LogP contribution in [0.3, 0.4) is 0 Å². The Morgan fingerprint density at radius 1 is 0.875 bits per heavy atom. The van der Waals surface area contributed by atoms with Gasteiger partial charge in [0.1, 0.15) is 12.2 Å². The number of aliphatic carboxylic acids is 1. The molecule has 1 saturated heterocycles. The summed E-state index contributed by atoms with van der Waals surface area (Å²) in [4.78, 5) is 20.7. The van der Waals surface area contributed by atoms with E-state index in [2.05, 4.69) is 37.3 Å². The molecule has 1 fully saturated rings. The molecule has 4 heteroatoms. The van der Waals surface area contributed by atoms with Gasteiger partial charge in [-0.15, -0.1) is 0 Å². The predicted molar refractivity (Wildman–Crippen MR) is 96.6 cm³/mol. The fourth-order valence-corrected chi connectivity index (χ4v) is 2.45. The summed E-state index contributed by atoms with van der Waals surface area (Å²) in [5.41, 5.74) is 0. The summed E-state index contributed by atoms with van der Waals surface area (Å²) in [5, 5.41) is 8.55. The molecule has 0 aromatic heterocycles. The molecule has 136 valence electrons. The van der Waals surface area contributed by atoms with Crippen LogP contribution in [0.5, 0.6) is 0 Å². The van der Waals surface area contributed by atoms with Crippen molar-refractivity contribution in [2.24, 2.45) is 0 Å². The third kappa shape index (κ3) is 10.4. The van der Waals surface area contributed by atoms with E-state index in [1.807, 2.05) is 6.08 Å². The lowest BCUT2D eigenvalue weighted by Gasteiger charge is -2.33. The van der Waals surface area contributed by atoms with E-state index in [9.17, 15) is 4.79 Å². The summed E-state index contributed by atoms with van der Waals surface area (Å²) in [6, 6.07) is 0. The van der Waals surface area contributed by atoms with Gasteiger partial charge in [0.15, 0.2) is 0 Å². The van der Waals surface area contributed by atoms with E-state index in [1.165, 1.54) is 25.7 Å². The summed E-state index contributed by atoms with van der Waals surface area (Å²) in [7, 11) is 0. The SMILES string of the molecule is CCCCC/C=C\C/C=C\C[C@@H]1OO[C@@H]1C/C=C\CCCC(=O)O. The minimum atomic E-state index is -0.734. The lowest BCUT2D eigenvalue weighted by molar-refractivity contribution is -0.462. The van der Waals surface area contributed by atoms with Crippen molar-refractivity contribution in [1.29, 1.82) is 0 Å². The second kappa shape index (κ2) is 14.0. The van der Waals surface area contributed by atoms with E-state index in [0.717, 1.165) is 25.7 Å². The highest BCUT2D eigenvalue weighted by molar-refractivity contribution is 5.66. The number of hydrogen-bond donors (Lipinski definition) is 1. The first-order chi connectivity index (χ1) is 11.7. The molecule has 24 heavy (non-hydrogen) atoms. The Kier molecular flexibility index (Phi) is 12.0. The molecule has 4 nitrogen and oxygen atoms in total. The van der Waals surface area contributed by atoms with Crippen molar-refractivity contribution in [1.82, 2.24) is 0 Å². The summed E-state index contributed by atoms with van der Waals surface area (Å²) < 4.78 is 0. The molecule has 1 aliphatic heterocycles. The van der Waals surface area contributed by atoms with Crippen molar-refractivity contribution in [3.8, 4) is 0 Å². The first-order valence-corrected chi connectivity index (χ1v) is 9.23. The molecule has 0 spiro atoms. The molecule has 0 radical (unpaired) electrons. The van der Waals surface area contributed by atoms with Crippen LogP contribution in [0.1, 0.15) is 71.1 Å². The van der Waals surface area contributed by atoms with Gasteiger partial charge in [0, 0.05) is 6.42 Å². The largest absolute Gasteiger partial charge is 0.481 e. The number of unbranched alkanes of at least 4 members (excludes halogenated alkanes) is 4. The van der Waals surface area contributed by atoms with E-state index in [1.54, 1.807) is 0 Å². The van der Waals surface area contributed by atoms with Crippen molar-refractivity contribution in [2.45, 2.75) is 83.3 Å². The smallest absolute Gasteiger partial charge is 0.303 e. The number of allylic oxidation sites excluding steroid dienone is 4. The van der Waals surface area contributed by atoms with Crippen LogP contribution in [0.25, 0.3) is 0 Å². The molecule has 2 atom stereocenters. The molecule has 1 N–H and O–H groups in total. The normalized spacial score (nSPS) is 21.0. The molecule has 0 aliphatic carbocycles. The fraction of sp³-hybridized carbons (Fsp3) is 0.650. The Morgan fingerprint density at radius 2 is 1.46 bits per heavy atom. The van der Waals surface area contributed by atoms with Crippen molar-refractivity contribution in [2.75, 3.05) is 0 Å². The van der Waals surface area contributed by atoms with Gasteiger partial charge in [-0.2, -0.15) is 0 Å². The lowest BCUT2D eigenvalue weighted by atomic mass is 10.0. The monoisotopic (exact) mass is 336 g/mol. The van der Waals surface area contributed by atoms with E-state index in [4.69, 9.17) is 14.9 Å². The van der Waals surface area contributed by atoms with Crippen LogP contribution >= 0.6 is 0 Å². The lowest BCUT2D eigenvalue weighted by Crippen LogP contribution is -2.41. The molecule has 0 bridgehead atoms. The summed E-state index contributed by atoms with van der Waals surface area (Å²) in [5.74, 6) is -0.734. The first-order valence-electron chi connectivity index (χ1n) is 9.23. The number of hydrogen-bond acceptors (Lipinski definition) is 3. The van der Waals surface area contributed by atoms with Crippen molar-refractivity contribution < 1.29 is 19.7 Å². The molecule has 1 aliphatic rings. The van der Waals surface area contributed by atoms with Crippen LogP contribution in [0.2, 0.25) is 0 Å². The third-order valence-corrected chi connectivity index (χ3v) is 3.96. The number of carboxylic acid groups (broad SMARTS) is 1. The van der Waals surface area contributed by atoms with Gasteiger partial charge in [0.05, 0.1) is 0 Å². The van der Waals surface area contributed by atoms with Crippen LogP contribution in [0, 0.1) is 0 Å². The van der Waals surface area contributed by atoms with Crippen LogP contribution in [-0.4, -0.2) is 23.3 Å². The zero-order valence-corrected chi connectivity index (χ0v) is 14.9. The number of carbonyl (C=O) groups is 1. The molecular formula is C20H32O4. The zero-order chi connectivity index (χ0) is 17.5. The fourth-order valence-electron chi connectivity index (χ4n) is 2.45. The van der Waals surface area contributed by atoms with E-state index >= 15 is 0 Å². The van der Waals surface area contributed by atoms with Gasteiger partial charge in [-0.25, -0.2) is 9.78 Å². The van der Waals surface area contributed by atoms with Crippen molar-refractivity contribution >= 4 is 5.97 Å². The van der Waals surface area contributed by atoms with Crippen molar-refractivity contribution in [3.63, 3.8) is 0 Å². The van der Waals surface area contributed by atoms with E-state index in [0.29, 0.717) is 6.42 Å². The Bertz CT molecular complexity index is 412. The third-order valence-electron chi connectivity index (χ3n) is 3.96. The second-order valence-electron chi connectivity index (χ2n) is 6.17. The molecule has 0 unspecified atom stereocenters. The highest BCUT2D eigenvalue weighted by Gasteiger charge is 2.32. The highest BCUT2D eigenvalue weighted by atomic mass is 17.2. The average molecular weight is 336 g/mol. The minimum absolute atomic E-state index is 0.120. The van der Waals surface area contributed by atoms with Gasteiger partial charge >= 0.3 is 5.97 Å². The zero-order valence-electron chi connectivity index (χ0n) is 14.9. The van der Waals surface area contributed by atoms with Crippen LogP contribution in [-0.2, 0) is 14.6 Å². The Hall–Kier alpha value is -1.39. The van der Waals surface area contributed by atoms with Crippen LogP contribution < -0.4 is 0 Å². The molecule has 0 aromatic carbocycles. The van der Waals surface area contributed by atoms with Crippen molar-refractivity contribution in [3.05, 3.63) is 36.5 Å². The number of carboxylic acids is 1. The first kappa shape index (κ1) is 20.7. The van der Waals surface area contributed by atoms with Gasteiger partial charge in [-0.1, -0.05) is 56.2 Å². The minimum Gasteiger partial charge on any atom is -0.481 e. The highest BCUT2D eigenvalue weighted by Crippen LogP contribution is 2.24. The predicted octanol–water partition coefficient (Wildman–Crippen LogP) is 5.36. The van der Waals surface area contributed by atoms with Crippen LogP contribution in [0.15, 0.2) is 36.5 Å².